The zero-order valence-electron chi connectivity index (χ0n) is 31.2. The third-order valence-electron chi connectivity index (χ3n) is 10.6. The van der Waals surface area contributed by atoms with E-state index in [1.165, 1.54) is 6.20 Å². The van der Waals surface area contributed by atoms with Gasteiger partial charge in [-0.25, -0.2) is 14.6 Å². The van der Waals surface area contributed by atoms with Crippen molar-refractivity contribution in [2.75, 3.05) is 32.0 Å². The number of carboxylic acids is 1. The van der Waals surface area contributed by atoms with E-state index in [9.17, 15) is 24.3 Å². The fourth-order valence-electron chi connectivity index (χ4n) is 7.80. The number of likely N-dealkylation sites (N-methyl/N-ethyl adjacent to an activating group) is 1. The number of fused-ring (bicyclic) bond motifs is 3. The molecule has 1 spiro atoms. The van der Waals surface area contributed by atoms with Crippen molar-refractivity contribution in [1.82, 2.24) is 25.1 Å². The Balaban J connectivity index is 0.999. The molecule has 1 saturated heterocycles. The highest BCUT2D eigenvalue weighted by Gasteiger charge is 2.52. The molecule has 1 fully saturated rings. The number of nitrogens with one attached hydrogen (secondary N) is 2. The lowest BCUT2D eigenvalue weighted by molar-refractivity contribution is -0.139. The second-order valence-electron chi connectivity index (χ2n) is 15.6. The smallest absolute Gasteiger partial charge is 0.408 e. The number of benzene rings is 1. The van der Waals surface area contributed by atoms with Crippen LogP contribution in [0.1, 0.15) is 97.6 Å². The number of aromatic carboxylic acids is 1. The molecular formula is C41H50N6O6. The first kappa shape index (κ1) is 37.7. The third kappa shape index (κ3) is 8.43. The van der Waals surface area contributed by atoms with Crippen molar-refractivity contribution >= 4 is 35.8 Å². The molecular weight excluding hydrogens is 672 g/mol. The zero-order valence-corrected chi connectivity index (χ0v) is 31.2. The van der Waals surface area contributed by atoms with Gasteiger partial charge in [-0.05, 0) is 102 Å². The Labute approximate surface area is 311 Å². The summed E-state index contributed by atoms with van der Waals surface area (Å²) in [7, 11) is 2.07. The minimum absolute atomic E-state index is 0.0249. The number of ether oxygens (including phenoxy) is 1. The van der Waals surface area contributed by atoms with E-state index in [0.29, 0.717) is 38.2 Å². The van der Waals surface area contributed by atoms with Crippen molar-refractivity contribution in [2.45, 2.75) is 95.2 Å². The Hall–Kier alpha value is -5.10. The molecule has 2 aromatic heterocycles. The molecule has 4 atom stereocenters. The van der Waals surface area contributed by atoms with Crippen LogP contribution in [-0.2, 0) is 32.6 Å². The van der Waals surface area contributed by atoms with Crippen molar-refractivity contribution in [3.05, 3.63) is 94.4 Å². The van der Waals surface area contributed by atoms with E-state index in [-0.39, 0.29) is 29.3 Å². The molecule has 3 N–H and O–H groups in total. The standard InChI is InChI=1S/C41H50N6O6/c1-26-31(28-14-10-8-11-15-28)21-33(44-39(52)53-40(2,3)4)36(48)47(26)18-17-46(5)16-12-7-6-9-13-27-19-32-35(43-24-27)45-38(51)41(32)22-29-20-30(37(49)50)25-42-34(29)23-41/h8-11,13-15,19-20,24-26,31,33H,6-7,12,16-18,21-23H2,1-5H3,(H,44,52)(H,49,50)(H,43,45,51)/b13-9+/t26?,31?,33?,41-/m0/s1. The van der Waals surface area contributed by atoms with E-state index in [2.05, 4.69) is 57.7 Å². The van der Waals surface area contributed by atoms with Crippen molar-refractivity contribution in [3.8, 4) is 0 Å². The number of carboxylic acid groups (broad SMARTS) is 1. The normalized spacial score (nSPS) is 22.3. The maximum Gasteiger partial charge on any atom is 0.408 e. The minimum Gasteiger partial charge on any atom is -0.478 e. The van der Waals surface area contributed by atoms with Crippen LogP contribution in [0.5, 0.6) is 0 Å². The Morgan fingerprint density at radius 3 is 2.60 bits per heavy atom. The largest absolute Gasteiger partial charge is 0.478 e. The van der Waals surface area contributed by atoms with Gasteiger partial charge in [-0.3, -0.25) is 14.6 Å². The highest BCUT2D eigenvalue weighted by atomic mass is 16.6. The van der Waals surface area contributed by atoms with Gasteiger partial charge in [0.2, 0.25) is 11.8 Å². The number of piperidine rings is 1. The average molecular weight is 723 g/mol. The Morgan fingerprint density at radius 1 is 1.09 bits per heavy atom. The number of unbranched alkanes of at least 4 members (excludes halogenated alkanes) is 2. The first-order chi connectivity index (χ1) is 25.2. The highest BCUT2D eigenvalue weighted by Crippen LogP contribution is 2.46. The number of rotatable bonds is 12. The number of hydrogen-bond donors (Lipinski definition) is 3. The molecule has 12 heteroatoms. The summed E-state index contributed by atoms with van der Waals surface area (Å²) < 4.78 is 5.48. The lowest BCUT2D eigenvalue weighted by Gasteiger charge is -2.43. The van der Waals surface area contributed by atoms with Gasteiger partial charge in [-0.15, -0.1) is 0 Å². The number of nitrogens with zero attached hydrogens (tertiary/aromatic N) is 4. The van der Waals surface area contributed by atoms with Gasteiger partial charge in [-0.1, -0.05) is 42.5 Å². The number of carbonyl (C=O) groups excluding carboxylic acids is 3. The van der Waals surface area contributed by atoms with E-state index in [1.54, 1.807) is 33.0 Å². The molecule has 0 radical (unpaired) electrons. The number of likely N-dealkylation sites (tertiary alicyclic amines) is 1. The molecule has 3 aromatic rings. The highest BCUT2D eigenvalue weighted by molar-refractivity contribution is 6.06. The number of pyridine rings is 2. The maximum atomic E-state index is 13.7. The number of anilines is 1. The summed E-state index contributed by atoms with van der Waals surface area (Å²) >= 11 is 0. The van der Waals surface area contributed by atoms with Crippen LogP contribution < -0.4 is 10.6 Å². The first-order valence-electron chi connectivity index (χ1n) is 18.5. The van der Waals surface area contributed by atoms with Gasteiger partial charge in [0, 0.05) is 55.1 Å². The van der Waals surface area contributed by atoms with E-state index < -0.39 is 29.1 Å². The number of carbonyl (C=O) groups is 4. The molecule has 1 aromatic carbocycles. The SMILES string of the molecule is CC1C(c2ccccc2)CC(NC(=O)OC(C)(C)C)C(=O)N1CCN(C)CCCC/C=C/c1cnc2c(c1)[C@@]1(Cc3cc(C(=O)O)cnc3C1)C(=O)N2. The number of hydrogen-bond acceptors (Lipinski definition) is 8. The van der Waals surface area contributed by atoms with Crippen molar-refractivity contribution < 1.29 is 29.0 Å². The van der Waals surface area contributed by atoms with Gasteiger partial charge in [0.05, 0.1) is 11.0 Å². The summed E-state index contributed by atoms with van der Waals surface area (Å²) in [4.78, 5) is 64.1. The summed E-state index contributed by atoms with van der Waals surface area (Å²) in [6.07, 6.45) is 10.8. The molecule has 1 aliphatic carbocycles. The van der Waals surface area contributed by atoms with Gasteiger partial charge in [0.15, 0.2) is 0 Å². The zero-order chi connectivity index (χ0) is 37.9. The summed E-state index contributed by atoms with van der Waals surface area (Å²) in [5.41, 5.74) is 3.03. The number of alkyl carbamates (subject to hydrolysis) is 1. The van der Waals surface area contributed by atoms with Crippen LogP contribution >= 0.6 is 0 Å². The summed E-state index contributed by atoms with van der Waals surface area (Å²) in [6.45, 7) is 9.65. The molecule has 12 nitrogen and oxygen atoms in total. The molecule has 53 heavy (non-hydrogen) atoms. The molecule has 4 heterocycles. The minimum atomic E-state index is -1.04. The predicted octanol–water partition coefficient (Wildman–Crippen LogP) is 5.58. The molecule has 3 amide bonds. The quantitative estimate of drug-likeness (QED) is 0.204. The summed E-state index contributed by atoms with van der Waals surface area (Å²) in [6, 6.07) is 13.1. The number of amides is 3. The molecule has 3 aliphatic rings. The fourth-order valence-corrected chi connectivity index (χ4v) is 7.80. The number of allylic oxidation sites excluding steroid dienone is 1. The van der Waals surface area contributed by atoms with Crippen LogP contribution in [0.15, 0.2) is 60.9 Å². The molecule has 3 unspecified atom stereocenters. The maximum absolute atomic E-state index is 13.7. The molecule has 2 aliphatic heterocycles. The lowest BCUT2D eigenvalue weighted by Crippen LogP contribution is -2.59. The molecule has 6 rings (SSSR count). The van der Waals surface area contributed by atoms with Crippen LogP contribution in [0.4, 0.5) is 10.6 Å². The van der Waals surface area contributed by atoms with Crippen LogP contribution in [0.2, 0.25) is 0 Å². The molecule has 0 bridgehead atoms. The molecule has 280 valence electrons. The summed E-state index contributed by atoms with van der Waals surface area (Å²) in [5, 5.41) is 15.2. The van der Waals surface area contributed by atoms with Crippen molar-refractivity contribution in [1.29, 1.82) is 0 Å². The van der Waals surface area contributed by atoms with Gasteiger partial charge >= 0.3 is 12.1 Å². The second-order valence-corrected chi connectivity index (χ2v) is 15.6. The van der Waals surface area contributed by atoms with Crippen LogP contribution in [0.3, 0.4) is 0 Å². The fraction of sp³-hybridized carbons (Fsp3) is 0.463. The second kappa shape index (κ2) is 15.5. The van der Waals surface area contributed by atoms with Crippen LogP contribution in [0, 0.1) is 0 Å². The van der Waals surface area contributed by atoms with E-state index in [0.717, 1.165) is 53.8 Å². The van der Waals surface area contributed by atoms with Gasteiger partial charge < -0.3 is 30.3 Å². The van der Waals surface area contributed by atoms with E-state index >= 15 is 0 Å². The van der Waals surface area contributed by atoms with Crippen LogP contribution in [-0.4, -0.2) is 93.1 Å². The van der Waals surface area contributed by atoms with Crippen molar-refractivity contribution in [2.24, 2.45) is 0 Å². The van der Waals surface area contributed by atoms with Gasteiger partial charge in [0.25, 0.3) is 0 Å². The topological polar surface area (TPSA) is 154 Å². The van der Waals surface area contributed by atoms with E-state index in [4.69, 9.17) is 4.74 Å². The molecule has 0 saturated carbocycles. The Morgan fingerprint density at radius 2 is 1.87 bits per heavy atom. The number of aromatic nitrogens is 2. The predicted molar refractivity (Wildman–Crippen MR) is 202 cm³/mol. The third-order valence-corrected chi connectivity index (χ3v) is 10.6. The van der Waals surface area contributed by atoms with Gasteiger partial charge in [-0.2, -0.15) is 0 Å². The lowest BCUT2D eigenvalue weighted by atomic mass is 9.79. The van der Waals surface area contributed by atoms with Crippen LogP contribution in [0.25, 0.3) is 6.08 Å². The summed E-state index contributed by atoms with van der Waals surface area (Å²) in [5.74, 6) is -0.626. The first-order valence-corrected chi connectivity index (χ1v) is 18.5. The average Bonchev–Trinajstić information content (AvgIpc) is 3.63. The van der Waals surface area contributed by atoms with Crippen molar-refractivity contribution in [3.63, 3.8) is 0 Å². The monoisotopic (exact) mass is 722 g/mol. The van der Waals surface area contributed by atoms with E-state index in [1.807, 2.05) is 35.2 Å². The Kier molecular flexibility index (Phi) is 11.0. The van der Waals surface area contributed by atoms with Gasteiger partial charge in [0.1, 0.15) is 17.5 Å². The Bertz CT molecular complexity index is 1890.